The summed E-state index contributed by atoms with van der Waals surface area (Å²) in [5.41, 5.74) is 2.65. The van der Waals surface area contributed by atoms with Gasteiger partial charge in [0.1, 0.15) is 12.4 Å². The van der Waals surface area contributed by atoms with Gasteiger partial charge in [0.2, 0.25) is 5.91 Å². The average Bonchev–Trinajstić information content (AvgIpc) is 3.22. The molecule has 168 valence electrons. The van der Waals surface area contributed by atoms with Crippen LogP contribution in [0, 0.1) is 6.92 Å². The number of benzene rings is 3. The number of ether oxygens (including phenoxy) is 1. The van der Waals surface area contributed by atoms with Crippen molar-refractivity contribution in [1.82, 2.24) is 14.8 Å². The molecule has 8 heteroatoms. The minimum Gasteiger partial charge on any atom is -0.486 e. The summed E-state index contributed by atoms with van der Waals surface area (Å²) in [6.45, 7) is 2.73. The van der Waals surface area contributed by atoms with E-state index in [0.29, 0.717) is 28.2 Å². The molecule has 1 N–H and O–H groups in total. The Morgan fingerprint density at radius 3 is 2.48 bits per heavy atom. The normalized spacial score (nSPS) is 10.7. The predicted molar refractivity (Wildman–Crippen MR) is 132 cm³/mol. The number of carbonyl (C=O) groups is 1. The number of amides is 1. The van der Waals surface area contributed by atoms with Gasteiger partial charge in [-0.25, -0.2) is 0 Å². The molecule has 1 heterocycles. The van der Waals surface area contributed by atoms with Gasteiger partial charge in [0.05, 0.1) is 12.3 Å². The maximum atomic E-state index is 12.6. The van der Waals surface area contributed by atoms with Crippen LogP contribution in [-0.4, -0.2) is 26.4 Å². The number of hydrogen-bond acceptors (Lipinski definition) is 5. The highest BCUT2D eigenvalue weighted by molar-refractivity contribution is 7.99. The van der Waals surface area contributed by atoms with E-state index >= 15 is 0 Å². The fourth-order valence-electron chi connectivity index (χ4n) is 3.18. The molecule has 0 saturated carbocycles. The van der Waals surface area contributed by atoms with Gasteiger partial charge in [-0.2, -0.15) is 0 Å². The molecule has 1 amide bonds. The van der Waals surface area contributed by atoms with Crippen LogP contribution in [-0.2, 0) is 17.9 Å². The highest BCUT2D eigenvalue weighted by Gasteiger charge is 2.16. The first-order chi connectivity index (χ1) is 16.1. The molecule has 0 atom stereocenters. The number of hydrogen-bond donors (Lipinski definition) is 1. The van der Waals surface area contributed by atoms with E-state index in [1.165, 1.54) is 11.8 Å². The third-order valence-corrected chi connectivity index (χ3v) is 6.34. The van der Waals surface area contributed by atoms with Gasteiger partial charge in [-0.3, -0.25) is 9.36 Å². The molecule has 0 aliphatic rings. The monoisotopic (exact) mass is 478 g/mol. The number of anilines is 1. The standard InChI is InChI=1S/C25H23ClN4O2S/c1-18-21(26)13-8-14-22(18)27-24(31)17-33-25-29-28-23(16-32-20-11-6-3-7-12-20)30(25)15-19-9-4-2-5-10-19/h2-14H,15-17H2,1H3,(H,27,31). The Morgan fingerprint density at radius 2 is 1.73 bits per heavy atom. The van der Waals surface area contributed by atoms with Crippen molar-refractivity contribution in [2.75, 3.05) is 11.1 Å². The summed E-state index contributed by atoms with van der Waals surface area (Å²) in [6, 6.07) is 25.1. The molecule has 0 aliphatic carbocycles. The molecule has 0 unspecified atom stereocenters. The van der Waals surface area contributed by atoms with Crippen molar-refractivity contribution in [3.05, 3.63) is 101 Å². The molecule has 0 fully saturated rings. The van der Waals surface area contributed by atoms with Gasteiger partial charge in [0.25, 0.3) is 0 Å². The second kappa shape index (κ2) is 11.0. The van der Waals surface area contributed by atoms with E-state index in [2.05, 4.69) is 15.5 Å². The average molecular weight is 479 g/mol. The summed E-state index contributed by atoms with van der Waals surface area (Å²) in [6.07, 6.45) is 0. The highest BCUT2D eigenvalue weighted by atomic mass is 35.5. The van der Waals surface area contributed by atoms with Crippen LogP contribution in [0.4, 0.5) is 5.69 Å². The van der Waals surface area contributed by atoms with Crippen LogP contribution < -0.4 is 10.1 Å². The molecule has 0 spiro atoms. The first-order valence-electron chi connectivity index (χ1n) is 10.4. The lowest BCUT2D eigenvalue weighted by Gasteiger charge is -2.12. The summed E-state index contributed by atoms with van der Waals surface area (Å²) in [4.78, 5) is 12.6. The van der Waals surface area contributed by atoms with Gasteiger partial charge in [-0.15, -0.1) is 10.2 Å². The number of para-hydroxylation sites is 1. The number of aromatic nitrogens is 3. The van der Waals surface area contributed by atoms with Crippen molar-refractivity contribution < 1.29 is 9.53 Å². The Morgan fingerprint density at radius 1 is 1.00 bits per heavy atom. The predicted octanol–water partition coefficient (Wildman–Crippen LogP) is 5.60. The van der Waals surface area contributed by atoms with Gasteiger partial charge in [0, 0.05) is 10.7 Å². The Kier molecular flexibility index (Phi) is 7.65. The highest BCUT2D eigenvalue weighted by Crippen LogP contribution is 2.24. The summed E-state index contributed by atoms with van der Waals surface area (Å²) in [5, 5.41) is 12.9. The van der Waals surface area contributed by atoms with Crippen molar-refractivity contribution in [1.29, 1.82) is 0 Å². The number of rotatable bonds is 9. The first kappa shape index (κ1) is 22.9. The smallest absolute Gasteiger partial charge is 0.234 e. The molecule has 1 aromatic heterocycles. The van der Waals surface area contributed by atoms with Crippen molar-refractivity contribution in [2.24, 2.45) is 0 Å². The first-order valence-corrected chi connectivity index (χ1v) is 11.8. The molecule has 0 radical (unpaired) electrons. The van der Waals surface area contributed by atoms with E-state index in [-0.39, 0.29) is 18.3 Å². The van der Waals surface area contributed by atoms with Crippen molar-refractivity contribution >= 4 is 35.0 Å². The molecule has 3 aromatic carbocycles. The minimum absolute atomic E-state index is 0.137. The quantitative estimate of drug-likeness (QED) is 0.317. The second-order valence-corrected chi connectivity index (χ2v) is 8.67. The van der Waals surface area contributed by atoms with Crippen LogP contribution in [0.2, 0.25) is 5.02 Å². The Hall–Kier alpha value is -3.29. The zero-order valence-corrected chi connectivity index (χ0v) is 19.6. The third kappa shape index (κ3) is 6.15. The number of nitrogens with zero attached hydrogens (tertiary/aromatic N) is 3. The molecule has 33 heavy (non-hydrogen) atoms. The lowest BCUT2D eigenvalue weighted by atomic mass is 10.2. The lowest BCUT2D eigenvalue weighted by Crippen LogP contribution is -2.16. The maximum Gasteiger partial charge on any atom is 0.234 e. The molecule has 4 rings (SSSR count). The maximum absolute atomic E-state index is 12.6. The van der Waals surface area contributed by atoms with Crippen LogP contribution >= 0.6 is 23.4 Å². The van der Waals surface area contributed by atoms with Crippen LogP contribution in [0.25, 0.3) is 0 Å². The van der Waals surface area contributed by atoms with Crippen LogP contribution in [0.15, 0.2) is 84.0 Å². The SMILES string of the molecule is Cc1c(Cl)cccc1NC(=O)CSc1nnc(COc2ccccc2)n1Cc1ccccc1. The lowest BCUT2D eigenvalue weighted by molar-refractivity contribution is -0.113. The fourth-order valence-corrected chi connectivity index (χ4v) is 4.11. The summed E-state index contributed by atoms with van der Waals surface area (Å²) in [5.74, 6) is 1.51. The second-order valence-electron chi connectivity index (χ2n) is 7.32. The summed E-state index contributed by atoms with van der Waals surface area (Å²) >= 11 is 7.49. The van der Waals surface area contributed by atoms with Crippen LogP contribution in [0.3, 0.4) is 0 Å². The van der Waals surface area contributed by atoms with Crippen molar-refractivity contribution in [2.45, 2.75) is 25.2 Å². The molecule has 0 aliphatic heterocycles. The van der Waals surface area contributed by atoms with E-state index in [1.54, 1.807) is 6.07 Å². The number of halogens is 1. The van der Waals surface area contributed by atoms with Gasteiger partial charge in [0.15, 0.2) is 11.0 Å². The third-order valence-electron chi connectivity index (χ3n) is 4.96. The van der Waals surface area contributed by atoms with E-state index in [0.717, 1.165) is 16.9 Å². The van der Waals surface area contributed by atoms with Gasteiger partial charge in [-0.1, -0.05) is 78.0 Å². The van der Waals surface area contributed by atoms with E-state index < -0.39 is 0 Å². The van der Waals surface area contributed by atoms with Crippen molar-refractivity contribution in [3.63, 3.8) is 0 Å². The Bertz CT molecular complexity index is 1220. The number of carbonyl (C=O) groups excluding carboxylic acids is 1. The van der Waals surface area contributed by atoms with E-state index in [9.17, 15) is 4.79 Å². The van der Waals surface area contributed by atoms with E-state index in [1.807, 2.05) is 84.3 Å². The molecule has 6 nitrogen and oxygen atoms in total. The molecule has 4 aromatic rings. The fraction of sp³-hybridized carbons (Fsp3) is 0.160. The van der Waals surface area contributed by atoms with Crippen LogP contribution in [0.5, 0.6) is 5.75 Å². The zero-order valence-electron chi connectivity index (χ0n) is 18.1. The summed E-state index contributed by atoms with van der Waals surface area (Å²) in [7, 11) is 0. The summed E-state index contributed by atoms with van der Waals surface area (Å²) < 4.78 is 7.88. The topological polar surface area (TPSA) is 69.0 Å². The molecular weight excluding hydrogens is 456 g/mol. The number of thioether (sulfide) groups is 1. The number of nitrogens with one attached hydrogen (secondary N) is 1. The van der Waals surface area contributed by atoms with Crippen LogP contribution in [0.1, 0.15) is 17.0 Å². The van der Waals surface area contributed by atoms with Gasteiger partial charge in [-0.05, 0) is 42.3 Å². The molecule has 0 saturated heterocycles. The van der Waals surface area contributed by atoms with Gasteiger partial charge < -0.3 is 10.1 Å². The van der Waals surface area contributed by atoms with E-state index in [4.69, 9.17) is 16.3 Å². The van der Waals surface area contributed by atoms with Crippen molar-refractivity contribution in [3.8, 4) is 5.75 Å². The Balaban J connectivity index is 1.47. The Labute approximate surface area is 202 Å². The molecular formula is C25H23ClN4O2S. The minimum atomic E-state index is -0.137. The van der Waals surface area contributed by atoms with Gasteiger partial charge >= 0.3 is 0 Å². The largest absolute Gasteiger partial charge is 0.486 e. The molecule has 0 bridgehead atoms. The zero-order chi connectivity index (χ0) is 23.0.